The average Bonchev–Trinajstić information content (AvgIpc) is 3.37. The Kier molecular flexibility index (Phi) is 4.64. The summed E-state index contributed by atoms with van der Waals surface area (Å²) in [7, 11) is 0. The Morgan fingerprint density at radius 2 is 2.04 bits per heavy atom. The summed E-state index contributed by atoms with van der Waals surface area (Å²) in [5.74, 6) is -0.116. The van der Waals surface area contributed by atoms with Crippen LogP contribution in [-0.4, -0.2) is 20.9 Å². The number of hydrogen-bond donors (Lipinski definition) is 1. The van der Waals surface area contributed by atoms with Crippen LogP contribution in [0.25, 0.3) is 21.1 Å². The molecule has 0 unspecified atom stereocenters. The average molecular weight is 385 g/mol. The van der Waals surface area contributed by atoms with Crippen molar-refractivity contribution >= 4 is 45.0 Å². The molecule has 8 heteroatoms. The van der Waals surface area contributed by atoms with E-state index < -0.39 is 0 Å². The van der Waals surface area contributed by atoms with Gasteiger partial charge in [0.15, 0.2) is 5.13 Å². The number of carbonyl (C=O) groups excluding carboxylic acids is 1. The van der Waals surface area contributed by atoms with Gasteiger partial charge in [0.2, 0.25) is 5.91 Å². The molecule has 0 saturated heterocycles. The Morgan fingerprint density at radius 3 is 2.84 bits per heavy atom. The first kappa shape index (κ1) is 16.1. The molecule has 1 N–H and O–H groups in total. The number of pyridine rings is 1. The molecule has 0 bridgehead atoms. The van der Waals surface area contributed by atoms with Crippen LogP contribution < -0.4 is 5.32 Å². The van der Waals surface area contributed by atoms with E-state index in [-0.39, 0.29) is 12.3 Å². The Hall–Kier alpha value is -2.42. The van der Waals surface area contributed by atoms with E-state index in [1.54, 1.807) is 23.7 Å². The maximum absolute atomic E-state index is 12.2. The van der Waals surface area contributed by atoms with Crippen LogP contribution in [-0.2, 0) is 11.2 Å². The maximum atomic E-state index is 12.2. The lowest BCUT2D eigenvalue weighted by molar-refractivity contribution is -0.115. The normalized spacial score (nSPS) is 10.7. The summed E-state index contributed by atoms with van der Waals surface area (Å²) in [5.41, 5.74) is 2.60. The van der Waals surface area contributed by atoms with Crippen molar-refractivity contribution in [1.82, 2.24) is 15.0 Å². The zero-order valence-electron chi connectivity index (χ0n) is 12.9. The number of aromatic nitrogens is 3. The highest BCUT2D eigenvalue weighted by atomic mass is 32.1. The molecule has 25 heavy (non-hydrogen) atoms. The van der Waals surface area contributed by atoms with Crippen LogP contribution in [0.3, 0.4) is 0 Å². The summed E-state index contributed by atoms with van der Waals surface area (Å²) < 4.78 is 0. The molecule has 4 heterocycles. The molecule has 1 amide bonds. The van der Waals surface area contributed by atoms with Crippen molar-refractivity contribution in [3.63, 3.8) is 0 Å². The molecule has 0 fully saturated rings. The monoisotopic (exact) mass is 384 g/mol. The molecule has 4 rings (SSSR count). The molecule has 0 atom stereocenters. The van der Waals surface area contributed by atoms with Crippen LogP contribution in [0, 0.1) is 0 Å². The number of anilines is 1. The van der Waals surface area contributed by atoms with Gasteiger partial charge in [-0.3, -0.25) is 9.78 Å². The number of rotatable bonds is 5. The smallest absolute Gasteiger partial charge is 0.232 e. The largest absolute Gasteiger partial charge is 0.302 e. The zero-order chi connectivity index (χ0) is 17.1. The minimum absolute atomic E-state index is 0.116. The van der Waals surface area contributed by atoms with Crippen molar-refractivity contribution in [2.24, 2.45) is 0 Å². The third kappa shape index (κ3) is 3.81. The highest BCUT2D eigenvalue weighted by Gasteiger charge is 2.12. The Bertz CT molecular complexity index is 976. The predicted octanol–water partition coefficient (Wildman–Crippen LogP) is 4.57. The summed E-state index contributed by atoms with van der Waals surface area (Å²) in [5, 5.41) is 10.2. The van der Waals surface area contributed by atoms with E-state index >= 15 is 0 Å². The first-order chi connectivity index (χ1) is 12.3. The minimum Gasteiger partial charge on any atom is -0.302 e. The van der Waals surface area contributed by atoms with Crippen molar-refractivity contribution in [3.8, 4) is 21.1 Å². The summed E-state index contributed by atoms with van der Waals surface area (Å²) in [6.07, 6.45) is 3.72. The molecule has 0 aliphatic carbocycles. The van der Waals surface area contributed by atoms with Crippen LogP contribution in [0.4, 0.5) is 5.13 Å². The van der Waals surface area contributed by atoms with Crippen molar-refractivity contribution in [3.05, 3.63) is 58.5 Å². The zero-order valence-corrected chi connectivity index (χ0v) is 15.3. The standard InChI is InChI=1S/C17H12N4OS3/c22-15(21-17-20-13(10-25-17)14-4-2-6-23-14)7-12-9-24-16(19-12)11-3-1-5-18-8-11/h1-6,8-10H,7H2,(H,20,21,22). The first-order valence-electron chi connectivity index (χ1n) is 7.42. The Labute approximate surface area is 156 Å². The Morgan fingerprint density at radius 1 is 1.08 bits per heavy atom. The summed E-state index contributed by atoms with van der Waals surface area (Å²) in [6, 6.07) is 7.83. The third-order valence-electron chi connectivity index (χ3n) is 3.33. The van der Waals surface area contributed by atoms with Crippen molar-refractivity contribution < 1.29 is 4.79 Å². The quantitative estimate of drug-likeness (QED) is 0.547. The van der Waals surface area contributed by atoms with Crippen LogP contribution in [0.5, 0.6) is 0 Å². The van der Waals surface area contributed by atoms with E-state index in [0.717, 1.165) is 26.8 Å². The van der Waals surface area contributed by atoms with Gasteiger partial charge in [0.05, 0.1) is 22.7 Å². The number of amides is 1. The molecule has 0 aromatic carbocycles. The van der Waals surface area contributed by atoms with E-state index in [0.29, 0.717) is 5.13 Å². The molecule has 124 valence electrons. The van der Waals surface area contributed by atoms with E-state index in [2.05, 4.69) is 20.3 Å². The van der Waals surface area contributed by atoms with Gasteiger partial charge in [-0.1, -0.05) is 6.07 Å². The molecule has 0 spiro atoms. The molecular formula is C17H12N4OS3. The molecule has 5 nitrogen and oxygen atoms in total. The van der Waals surface area contributed by atoms with E-state index in [4.69, 9.17) is 0 Å². The van der Waals surface area contributed by atoms with Gasteiger partial charge in [-0.05, 0) is 23.6 Å². The molecule has 4 aromatic rings. The number of thiophene rings is 1. The van der Waals surface area contributed by atoms with Gasteiger partial charge >= 0.3 is 0 Å². The lowest BCUT2D eigenvalue weighted by Gasteiger charge is -1.99. The third-order valence-corrected chi connectivity index (χ3v) is 5.92. The first-order valence-corrected chi connectivity index (χ1v) is 10.1. The van der Waals surface area contributed by atoms with Crippen molar-refractivity contribution in [2.75, 3.05) is 5.32 Å². The maximum Gasteiger partial charge on any atom is 0.232 e. The van der Waals surface area contributed by atoms with Crippen molar-refractivity contribution in [1.29, 1.82) is 0 Å². The molecule has 0 radical (unpaired) electrons. The fourth-order valence-corrected chi connectivity index (χ4v) is 4.50. The number of thiazole rings is 2. The lowest BCUT2D eigenvalue weighted by Crippen LogP contribution is -2.14. The highest BCUT2D eigenvalue weighted by Crippen LogP contribution is 2.28. The molecule has 0 aliphatic heterocycles. The predicted molar refractivity (Wildman–Crippen MR) is 103 cm³/mol. The van der Waals surface area contributed by atoms with Crippen LogP contribution in [0.2, 0.25) is 0 Å². The SMILES string of the molecule is O=C(Cc1csc(-c2cccnc2)n1)Nc1nc(-c2cccs2)cs1. The van der Waals surface area contributed by atoms with Crippen LogP contribution >= 0.6 is 34.0 Å². The lowest BCUT2D eigenvalue weighted by atomic mass is 10.3. The summed E-state index contributed by atoms with van der Waals surface area (Å²) in [4.78, 5) is 26.4. The number of nitrogens with one attached hydrogen (secondary N) is 1. The topological polar surface area (TPSA) is 67.8 Å². The summed E-state index contributed by atoms with van der Waals surface area (Å²) >= 11 is 4.57. The van der Waals surface area contributed by atoms with Gasteiger partial charge in [-0.15, -0.1) is 34.0 Å². The second-order valence-electron chi connectivity index (χ2n) is 5.13. The van der Waals surface area contributed by atoms with Gasteiger partial charge in [-0.2, -0.15) is 0 Å². The van der Waals surface area contributed by atoms with Crippen LogP contribution in [0.15, 0.2) is 52.8 Å². The van der Waals surface area contributed by atoms with Crippen LogP contribution in [0.1, 0.15) is 5.69 Å². The highest BCUT2D eigenvalue weighted by molar-refractivity contribution is 7.16. The fraction of sp³-hybridized carbons (Fsp3) is 0.0588. The Balaban J connectivity index is 1.40. The van der Waals surface area contributed by atoms with E-state index in [1.165, 1.54) is 22.7 Å². The minimum atomic E-state index is -0.116. The van der Waals surface area contributed by atoms with Gasteiger partial charge in [0.1, 0.15) is 5.01 Å². The second-order valence-corrected chi connectivity index (χ2v) is 7.79. The van der Waals surface area contributed by atoms with Crippen molar-refractivity contribution in [2.45, 2.75) is 6.42 Å². The van der Waals surface area contributed by atoms with Gasteiger partial charge in [-0.25, -0.2) is 9.97 Å². The molecule has 4 aromatic heterocycles. The molecular weight excluding hydrogens is 372 g/mol. The van der Waals surface area contributed by atoms with Gasteiger partial charge in [0, 0.05) is 28.7 Å². The van der Waals surface area contributed by atoms with Gasteiger partial charge < -0.3 is 5.32 Å². The second kappa shape index (κ2) is 7.22. The van der Waals surface area contributed by atoms with E-state index in [9.17, 15) is 4.79 Å². The van der Waals surface area contributed by atoms with Gasteiger partial charge in [0.25, 0.3) is 0 Å². The number of hydrogen-bond acceptors (Lipinski definition) is 7. The number of carbonyl (C=O) groups is 1. The molecule has 0 saturated carbocycles. The van der Waals surface area contributed by atoms with E-state index in [1.807, 2.05) is 40.4 Å². The fourth-order valence-electron chi connectivity index (χ4n) is 2.21. The number of nitrogens with zero attached hydrogens (tertiary/aromatic N) is 3. The summed E-state index contributed by atoms with van der Waals surface area (Å²) in [6.45, 7) is 0. The molecule has 0 aliphatic rings.